The number of rotatable bonds is 4. The van der Waals surface area contributed by atoms with Crippen LogP contribution in [-0.2, 0) is 4.79 Å². The molecule has 1 aromatic carbocycles. The van der Waals surface area contributed by atoms with Crippen molar-refractivity contribution < 1.29 is 9.59 Å². The van der Waals surface area contributed by atoms with Crippen molar-refractivity contribution in [2.45, 2.75) is 0 Å². The number of hydrogen-bond donors (Lipinski definition) is 4. The van der Waals surface area contributed by atoms with E-state index in [0.29, 0.717) is 11.3 Å². The SMILES string of the molecule is CSC(=O)CNC(=O)c1cccc(NC(=N)N)c1. The number of nitrogens with one attached hydrogen (secondary N) is 3. The summed E-state index contributed by atoms with van der Waals surface area (Å²) in [6, 6.07) is 6.52. The molecule has 0 heterocycles. The van der Waals surface area contributed by atoms with Crippen LogP contribution in [0.25, 0.3) is 0 Å². The molecule has 0 atom stereocenters. The zero-order valence-corrected chi connectivity index (χ0v) is 10.6. The summed E-state index contributed by atoms with van der Waals surface area (Å²) < 4.78 is 0. The Morgan fingerprint density at radius 3 is 2.78 bits per heavy atom. The van der Waals surface area contributed by atoms with E-state index in [9.17, 15) is 9.59 Å². The Morgan fingerprint density at radius 1 is 1.44 bits per heavy atom. The second-order valence-corrected chi connectivity index (χ2v) is 4.24. The second kappa shape index (κ2) is 6.65. The Balaban J connectivity index is 2.68. The molecule has 0 aliphatic heterocycles. The minimum Gasteiger partial charge on any atom is -0.370 e. The fourth-order valence-corrected chi connectivity index (χ4v) is 1.44. The van der Waals surface area contributed by atoms with Gasteiger partial charge in [0.15, 0.2) is 5.96 Å². The molecule has 0 radical (unpaired) electrons. The van der Waals surface area contributed by atoms with Crippen LogP contribution >= 0.6 is 11.8 Å². The van der Waals surface area contributed by atoms with Crippen molar-refractivity contribution in [2.75, 3.05) is 18.1 Å². The number of thioether (sulfide) groups is 1. The third kappa shape index (κ3) is 4.46. The third-order valence-electron chi connectivity index (χ3n) is 2.02. The summed E-state index contributed by atoms with van der Waals surface area (Å²) in [7, 11) is 0. The number of carbonyl (C=O) groups is 2. The van der Waals surface area contributed by atoms with E-state index in [1.165, 1.54) is 0 Å². The first-order valence-electron chi connectivity index (χ1n) is 5.09. The number of amides is 1. The molecule has 0 unspecified atom stereocenters. The maximum absolute atomic E-state index is 11.7. The van der Waals surface area contributed by atoms with Crippen LogP contribution in [0.3, 0.4) is 0 Å². The first kappa shape index (κ1) is 14.0. The van der Waals surface area contributed by atoms with Gasteiger partial charge in [0.25, 0.3) is 5.91 Å². The Labute approximate surface area is 109 Å². The van der Waals surface area contributed by atoms with Gasteiger partial charge in [-0.15, -0.1) is 0 Å². The molecule has 0 fully saturated rings. The predicted octanol–water partition coefficient (Wildman–Crippen LogP) is 0.611. The molecule has 0 aliphatic rings. The predicted molar refractivity (Wildman–Crippen MR) is 72.8 cm³/mol. The van der Waals surface area contributed by atoms with E-state index in [1.807, 2.05) is 0 Å². The number of nitrogens with two attached hydrogens (primary N) is 1. The van der Waals surface area contributed by atoms with Crippen LogP contribution in [0.15, 0.2) is 24.3 Å². The van der Waals surface area contributed by atoms with Gasteiger partial charge >= 0.3 is 0 Å². The quantitative estimate of drug-likeness (QED) is 0.472. The lowest BCUT2D eigenvalue weighted by Gasteiger charge is -2.07. The summed E-state index contributed by atoms with van der Waals surface area (Å²) in [4.78, 5) is 22.8. The summed E-state index contributed by atoms with van der Waals surface area (Å²) in [5, 5.41) is 12.1. The zero-order valence-electron chi connectivity index (χ0n) is 9.82. The summed E-state index contributed by atoms with van der Waals surface area (Å²) in [5.41, 5.74) is 6.14. The molecule has 0 aliphatic carbocycles. The number of hydrogen-bond acceptors (Lipinski definition) is 4. The molecule has 0 aromatic heterocycles. The van der Waals surface area contributed by atoms with Gasteiger partial charge in [-0.3, -0.25) is 15.0 Å². The zero-order chi connectivity index (χ0) is 13.5. The lowest BCUT2D eigenvalue weighted by Crippen LogP contribution is -2.28. The highest BCUT2D eigenvalue weighted by molar-refractivity contribution is 8.13. The highest BCUT2D eigenvalue weighted by Crippen LogP contribution is 2.10. The fraction of sp³-hybridized carbons (Fsp3) is 0.182. The molecule has 1 aromatic rings. The van der Waals surface area contributed by atoms with E-state index >= 15 is 0 Å². The number of benzene rings is 1. The van der Waals surface area contributed by atoms with Crippen molar-refractivity contribution in [3.05, 3.63) is 29.8 Å². The first-order valence-corrected chi connectivity index (χ1v) is 6.31. The topological polar surface area (TPSA) is 108 Å². The molecule has 1 rings (SSSR count). The molecule has 96 valence electrons. The summed E-state index contributed by atoms with van der Waals surface area (Å²) in [6.07, 6.45) is 1.66. The van der Waals surface area contributed by atoms with Gasteiger partial charge in [-0.2, -0.15) is 0 Å². The normalized spacial score (nSPS) is 9.61. The van der Waals surface area contributed by atoms with Gasteiger partial charge in [0.1, 0.15) is 0 Å². The van der Waals surface area contributed by atoms with Gasteiger partial charge in [0.05, 0.1) is 6.54 Å². The van der Waals surface area contributed by atoms with Crippen LogP contribution < -0.4 is 16.4 Å². The summed E-state index contributed by atoms with van der Waals surface area (Å²) in [5.74, 6) is -0.547. The molecule has 5 N–H and O–H groups in total. The minimum atomic E-state index is -0.343. The van der Waals surface area contributed by atoms with Crippen LogP contribution in [0.2, 0.25) is 0 Å². The Morgan fingerprint density at radius 2 is 2.17 bits per heavy atom. The monoisotopic (exact) mass is 266 g/mol. The Kier molecular flexibility index (Phi) is 5.19. The maximum atomic E-state index is 11.7. The third-order valence-corrected chi connectivity index (χ3v) is 2.62. The van der Waals surface area contributed by atoms with Gasteiger partial charge < -0.3 is 16.4 Å². The van der Waals surface area contributed by atoms with Crippen LogP contribution in [0.5, 0.6) is 0 Å². The fourth-order valence-electron chi connectivity index (χ4n) is 1.22. The largest absolute Gasteiger partial charge is 0.370 e. The number of guanidine groups is 1. The summed E-state index contributed by atoms with van der Waals surface area (Å²) in [6.45, 7) is -0.00956. The van der Waals surface area contributed by atoms with Crippen molar-refractivity contribution in [2.24, 2.45) is 5.73 Å². The van der Waals surface area contributed by atoms with Crippen molar-refractivity contribution in [1.82, 2.24) is 5.32 Å². The standard InChI is InChI=1S/C11H14N4O2S/c1-18-9(16)6-14-10(17)7-3-2-4-8(5-7)15-11(12)13/h2-5H,6H2,1H3,(H,14,17)(H4,12,13,15). The van der Waals surface area contributed by atoms with Gasteiger partial charge in [0, 0.05) is 11.3 Å². The molecule has 0 bridgehead atoms. The van der Waals surface area contributed by atoms with Gasteiger partial charge in [-0.1, -0.05) is 17.8 Å². The Hall–Kier alpha value is -2.02. The van der Waals surface area contributed by atoms with Crippen molar-refractivity contribution in [3.63, 3.8) is 0 Å². The minimum absolute atomic E-state index is 0.00956. The van der Waals surface area contributed by atoms with E-state index in [1.54, 1.807) is 30.5 Å². The van der Waals surface area contributed by atoms with E-state index in [4.69, 9.17) is 11.1 Å². The highest BCUT2D eigenvalue weighted by Gasteiger charge is 2.08. The van der Waals surface area contributed by atoms with E-state index in [2.05, 4.69) is 10.6 Å². The van der Waals surface area contributed by atoms with Crippen molar-refractivity contribution >= 4 is 34.4 Å². The smallest absolute Gasteiger partial charge is 0.251 e. The van der Waals surface area contributed by atoms with Crippen molar-refractivity contribution in [1.29, 1.82) is 5.41 Å². The molecule has 0 spiro atoms. The molecule has 7 heteroatoms. The Bertz CT molecular complexity index is 476. The van der Waals surface area contributed by atoms with Crippen LogP contribution in [0.4, 0.5) is 5.69 Å². The van der Waals surface area contributed by atoms with E-state index in [0.717, 1.165) is 11.8 Å². The van der Waals surface area contributed by atoms with Gasteiger partial charge in [-0.25, -0.2) is 0 Å². The van der Waals surface area contributed by atoms with Crippen molar-refractivity contribution in [3.8, 4) is 0 Å². The molecule has 0 saturated carbocycles. The first-order chi connectivity index (χ1) is 8.52. The maximum Gasteiger partial charge on any atom is 0.251 e. The highest BCUT2D eigenvalue weighted by atomic mass is 32.2. The average molecular weight is 266 g/mol. The lowest BCUT2D eigenvalue weighted by atomic mass is 10.2. The molecule has 0 saturated heterocycles. The lowest BCUT2D eigenvalue weighted by molar-refractivity contribution is -0.110. The molecule has 6 nitrogen and oxygen atoms in total. The molecular formula is C11H14N4O2S. The molecule has 1 amide bonds. The molecule has 18 heavy (non-hydrogen) atoms. The van der Waals surface area contributed by atoms with Crippen LogP contribution in [0, 0.1) is 5.41 Å². The van der Waals surface area contributed by atoms with Crippen LogP contribution in [-0.4, -0.2) is 29.8 Å². The number of carbonyl (C=O) groups excluding carboxylic acids is 2. The van der Waals surface area contributed by atoms with E-state index < -0.39 is 0 Å². The summed E-state index contributed by atoms with van der Waals surface area (Å²) >= 11 is 1.06. The second-order valence-electron chi connectivity index (χ2n) is 3.38. The van der Waals surface area contributed by atoms with Gasteiger partial charge in [-0.05, 0) is 24.5 Å². The van der Waals surface area contributed by atoms with Gasteiger partial charge in [0.2, 0.25) is 5.12 Å². The number of anilines is 1. The van der Waals surface area contributed by atoms with E-state index in [-0.39, 0.29) is 23.5 Å². The molecular weight excluding hydrogens is 252 g/mol. The average Bonchev–Trinajstić information content (AvgIpc) is 2.35. The van der Waals surface area contributed by atoms with Crippen LogP contribution in [0.1, 0.15) is 10.4 Å².